The van der Waals surface area contributed by atoms with Crippen molar-refractivity contribution in [3.8, 4) is 0 Å². The van der Waals surface area contributed by atoms with E-state index in [4.69, 9.17) is 9.26 Å². The summed E-state index contributed by atoms with van der Waals surface area (Å²) in [7, 11) is -1.52. The summed E-state index contributed by atoms with van der Waals surface area (Å²) in [5.74, 6) is 1.18. The molecule has 2 heterocycles. The van der Waals surface area contributed by atoms with Gasteiger partial charge in [-0.05, 0) is 31.5 Å². The van der Waals surface area contributed by atoms with Gasteiger partial charge in [-0.15, -0.1) is 0 Å². The van der Waals surface area contributed by atoms with Crippen molar-refractivity contribution in [2.45, 2.75) is 51.9 Å². The zero-order valence-electron chi connectivity index (χ0n) is 11.0. The van der Waals surface area contributed by atoms with Gasteiger partial charge in [0, 0.05) is 18.9 Å². The molecule has 0 unspecified atom stereocenters. The van der Waals surface area contributed by atoms with Crippen molar-refractivity contribution < 1.29 is 9.26 Å². The highest BCUT2D eigenvalue weighted by Gasteiger charge is 2.48. The Labute approximate surface area is 99.3 Å². The Morgan fingerprint density at radius 3 is 2.50 bits per heavy atom. The molecule has 1 fully saturated rings. The second-order valence-corrected chi connectivity index (χ2v) is 10.1. The van der Waals surface area contributed by atoms with E-state index in [1.165, 1.54) is 5.71 Å². The van der Waals surface area contributed by atoms with Crippen LogP contribution in [0.3, 0.4) is 0 Å². The lowest BCUT2D eigenvalue weighted by molar-refractivity contribution is 0.0994. The molecule has 2 aliphatic rings. The second-order valence-electron chi connectivity index (χ2n) is 5.91. The molecular weight excluding hydrogens is 218 g/mol. The summed E-state index contributed by atoms with van der Waals surface area (Å²) in [6, 6.07) is 0. The van der Waals surface area contributed by atoms with Gasteiger partial charge in [-0.1, -0.05) is 19.0 Å². The van der Waals surface area contributed by atoms with Crippen LogP contribution in [0.25, 0.3) is 0 Å². The molecular formula is C12H23NO2Si. The Bertz CT molecular complexity index is 303. The predicted molar refractivity (Wildman–Crippen MR) is 68.1 cm³/mol. The summed E-state index contributed by atoms with van der Waals surface area (Å²) >= 11 is 0. The van der Waals surface area contributed by atoms with E-state index in [-0.39, 0.29) is 6.10 Å². The van der Waals surface area contributed by atoms with E-state index in [1.807, 2.05) is 0 Å². The van der Waals surface area contributed by atoms with Gasteiger partial charge in [0.05, 0.1) is 5.71 Å². The number of oxime groups is 1. The minimum atomic E-state index is -1.52. The Hall–Kier alpha value is -0.353. The standard InChI is InChI=1S/C12H23NO2Si/c1-8-7-14-16(4,5)12(8)10(3)11-6-9(2)15-13-11/h8-10,12H,6-7H2,1-5H3/t8-,9-,10+,12-/m0/s1. The van der Waals surface area contributed by atoms with Crippen molar-refractivity contribution >= 4 is 14.0 Å². The smallest absolute Gasteiger partial charge is 0.190 e. The third-order valence-corrected chi connectivity index (χ3v) is 7.63. The summed E-state index contributed by atoms with van der Waals surface area (Å²) in [6.07, 6.45) is 1.26. The monoisotopic (exact) mass is 241 g/mol. The minimum absolute atomic E-state index is 0.264. The van der Waals surface area contributed by atoms with Crippen LogP contribution in [0, 0.1) is 11.8 Å². The Morgan fingerprint density at radius 2 is 2.06 bits per heavy atom. The van der Waals surface area contributed by atoms with Crippen molar-refractivity contribution in [3.05, 3.63) is 0 Å². The van der Waals surface area contributed by atoms with Crippen LogP contribution >= 0.6 is 0 Å². The highest BCUT2D eigenvalue weighted by molar-refractivity contribution is 6.73. The number of hydrogen-bond donors (Lipinski definition) is 0. The average molecular weight is 241 g/mol. The molecule has 16 heavy (non-hydrogen) atoms. The Kier molecular flexibility index (Phi) is 3.14. The summed E-state index contributed by atoms with van der Waals surface area (Å²) in [5.41, 5.74) is 1.93. The lowest BCUT2D eigenvalue weighted by Crippen LogP contribution is -2.37. The van der Waals surface area contributed by atoms with Gasteiger partial charge in [-0.25, -0.2) is 0 Å². The van der Waals surface area contributed by atoms with Gasteiger partial charge < -0.3 is 9.26 Å². The van der Waals surface area contributed by atoms with E-state index in [2.05, 4.69) is 39.0 Å². The molecule has 0 aromatic rings. The largest absolute Gasteiger partial charge is 0.417 e. The fourth-order valence-electron chi connectivity index (χ4n) is 3.33. The van der Waals surface area contributed by atoms with Crippen LogP contribution in [0.15, 0.2) is 5.16 Å². The van der Waals surface area contributed by atoms with E-state index >= 15 is 0 Å². The van der Waals surface area contributed by atoms with Crippen molar-refractivity contribution in [1.82, 2.24) is 0 Å². The van der Waals surface area contributed by atoms with Crippen LogP contribution in [-0.2, 0) is 9.26 Å². The van der Waals surface area contributed by atoms with Gasteiger partial charge in [-0.2, -0.15) is 0 Å². The van der Waals surface area contributed by atoms with Gasteiger partial charge in [0.1, 0.15) is 6.10 Å². The molecule has 2 aliphatic heterocycles. The molecule has 0 radical (unpaired) electrons. The second kappa shape index (κ2) is 4.15. The van der Waals surface area contributed by atoms with Gasteiger partial charge in [0.25, 0.3) is 0 Å². The first-order valence-corrected chi connectivity index (χ1v) is 9.27. The summed E-state index contributed by atoms with van der Waals surface area (Å²) in [5, 5.41) is 4.24. The van der Waals surface area contributed by atoms with Crippen molar-refractivity contribution in [2.75, 3.05) is 6.61 Å². The fourth-order valence-corrected chi connectivity index (χ4v) is 7.08. The molecule has 3 nitrogen and oxygen atoms in total. The predicted octanol–water partition coefficient (Wildman–Crippen LogP) is 3.03. The van der Waals surface area contributed by atoms with Crippen LogP contribution < -0.4 is 0 Å². The third kappa shape index (κ3) is 2.05. The topological polar surface area (TPSA) is 30.8 Å². The van der Waals surface area contributed by atoms with Crippen molar-refractivity contribution in [1.29, 1.82) is 0 Å². The lowest BCUT2D eigenvalue weighted by Gasteiger charge is -2.30. The number of nitrogens with zero attached hydrogens (tertiary/aromatic N) is 1. The quantitative estimate of drug-likeness (QED) is 0.696. The summed E-state index contributed by atoms with van der Waals surface area (Å²) < 4.78 is 6.02. The first-order valence-electron chi connectivity index (χ1n) is 6.28. The van der Waals surface area contributed by atoms with Crippen LogP contribution in [-0.4, -0.2) is 26.7 Å². The molecule has 1 saturated heterocycles. The Balaban J connectivity index is 2.12. The van der Waals surface area contributed by atoms with Gasteiger partial charge in [0.2, 0.25) is 0 Å². The molecule has 2 rings (SSSR count). The maximum absolute atomic E-state index is 6.02. The van der Waals surface area contributed by atoms with Crippen LogP contribution in [0.1, 0.15) is 27.2 Å². The van der Waals surface area contributed by atoms with Crippen LogP contribution in [0.5, 0.6) is 0 Å². The van der Waals surface area contributed by atoms with Crippen LogP contribution in [0.4, 0.5) is 0 Å². The Morgan fingerprint density at radius 1 is 1.38 bits per heavy atom. The average Bonchev–Trinajstić information content (AvgIpc) is 2.71. The summed E-state index contributed by atoms with van der Waals surface area (Å²) in [6.45, 7) is 12.3. The molecule has 4 heteroatoms. The molecule has 0 amide bonds. The number of hydrogen-bond acceptors (Lipinski definition) is 3. The third-order valence-electron chi connectivity index (χ3n) is 4.04. The molecule has 0 N–H and O–H groups in total. The zero-order valence-corrected chi connectivity index (χ0v) is 12.0. The summed E-state index contributed by atoms with van der Waals surface area (Å²) in [4.78, 5) is 5.31. The van der Waals surface area contributed by atoms with Gasteiger partial charge >= 0.3 is 0 Å². The maximum Gasteiger partial charge on any atom is 0.190 e. The molecule has 0 bridgehead atoms. The van der Waals surface area contributed by atoms with E-state index in [0.717, 1.165) is 13.0 Å². The normalized spacial score (nSPS) is 39.3. The maximum atomic E-state index is 6.02. The van der Waals surface area contributed by atoms with Crippen molar-refractivity contribution in [2.24, 2.45) is 17.0 Å². The zero-order chi connectivity index (χ0) is 11.9. The fraction of sp³-hybridized carbons (Fsp3) is 0.917. The SMILES string of the molecule is C[C@H](C1=NO[C@@H](C)C1)[C@@H]1[C@@H](C)CO[Si]1(C)C. The molecule has 0 aromatic carbocycles. The highest BCUT2D eigenvalue weighted by atomic mass is 28.4. The molecule has 92 valence electrons. The van der Waals surface area contributed by atoms with E-state index in [1.54, 1.807) is 0 Å². The molecule has 0 aromatic heterocycles. The minimum Gasteiger partial charge on any atom is -0.417 e. The highest BCUT2D eigenvalue weighted by Crippen LogP contribution is 2.44. The molecule has 0 spiro atoms. The first kappa shape index (κ1) is 12.1. The van der Waals surface area contributed by atoms with Gasteiger partial charge in [-0.3, -0.25) is 0 Å². The van der Waals surface area contributed by atoms with E-state index in [9.17, 15) is 0 Å². The van der Waals surface area contributed by atoms with Gasteiger partial charge in [0.15, 0.2) is 8.32 Å². The lowest BCUT2D eigenvalue weighted by atomic mass is 9.91. The molecule has 0 aliphatic carbocycles. The molecule has 4 atom stereocenters. The van der Waals surface area contributed by atoms with Crippen LogP contribution in [0.2, 0.25) is 18.6 Å². The molecule has 0 saturated carbocycles. The van der Waals surface area contributed by atoms with E-state index in [0.29, 0.717) is 17.4 Å². The van der Waals surface area contributed by atoms with Crippen molar-refractivity contribution in [3.63, 3.8) is 0 Å². The number of rotatable bonds is 2. The first-order chi connectivity index (χ1) is 7.42. The van der Waals surface area contributed by atoms with E-state index < -0.39 is 8.32 Å².